The first-order valence-corrected chi connectivity index (χ1v) is 33.4. The molecule has 602 valence electrons. The van der Waals surface area contributed by atoms with E-state index in [4.69, 9.17) is 75.8 Å². The van der Waals surface area contributed by atoms with Crippen LogP contribution in [0.15, 0.2) is 0 Å². The van der Waals surface area contributed by atoms with E-state index < -0.39 is 328 Å². The average molecular weight is 1520 g/mol. The molecule has 8 aliphatic rings. The monoisotopic (exact) mass is 1520 g/mol. The van der Waals surface area contributed by atoms with Gasteiger partial charge in [0.25, 0.3) is 6.47 Å². The Hall–Kier alpha value is -3.60. The Morgan fingerprint density at radius 3 is 1.29 bits per heavy atom. The minimum absolute atomic E-state index is 0.171. The molecule has 0 aliphatic carbocycles. The normalized spacial score (nSPS) is 47.9. The molecule has 0 bridgehead atoms. The fourth-order valence-corrected chi connectivity index (χ4v) is 13.5. The SMILES string of the molecule is CC(=O)NC1C(O)[C@H](O[C@@H]2OC(CO[C@]3(OC=O)C[C@@H](O)[C@@H](C)C(C(O)C(O)CO)O3)[C@H](O)[C@H](O)C2O)[C@H](CO)O[C@H]1OC1[C@@H](OCC2O[C@@H](O[C@@H]3C(CO)O[C@@H](O[C@@H]4C(CO)O[C@@H](C)C(NC(C)=O)[C@H]4O)C(NC(C)=O)[C@H]3O)C(O)[C@@H](O[C@H]3OC(CO)[C@@H](O)C(O)C3O)[C@@H]2O)OC(CO)[C@@H](O)[C@@H]1O. The predicted octanol–water partition coefficient (Wildman–Crippen LogP) is -16.4. The van der Waals surface area contributed by atoms with Gasteiger partial charge in [0, 0.05) is 26.7 Å². The molecule has 45 heteroatoms. The lowest BCUT2D eigenvalue weighted by Gasteiger charge is -2.50. The van der Waals surface area contributed by atoms with Crippen molar-refractivity contribution < 1.29 is 207 Å². The second-order valence-electron chi connectivity index (χ2n) is 26.6. The summed E-state index contributed by atoms with van der Waals surface area (Å²) >= 11 is 0. The quantitative estimate of drug-likeness (QED) is 0.0244. The summed E-state index contributed by atoms with van der Waals surface area (Å²) in [7, 11) is 0. The molecule has 0 aromatic carbocycles. The molecule has 8 fully saturated rings. The molecule has 3 amide bonds. The molecule has 41 atom stereocenters. The highest BCUT2D eigenvalue weighted by molar-refractivity contribution is 5.74. The summed E-state index contributed by atoms with van der Waals surface area (Å²) in [4.78, 5) is 49.7. The van der Waals surface area contributed by atoms with E-state index in [2.05, 4.69) is 16.0 Å². The molecular formula is C59H99N3O42. The van der Waals surface area contributed by atoms with E-state index in [1.165, 1.54) is 13.8 Å². The van der Waals surface area contributed by atoms with Crippen molar-refractivity contribution in [1.82, 2.24) is 16.0 Å². The number of amides is 3. The van der Waals surface area contributed by atoms with Gasteiger partial charge in [-0.25, -0.2) is 0 Å². The number of hydrogen-bond donors (Lipinski definition) is 25. The van der Waals surface area contributed by atoms with Gasteiger partial charge in [-0.1, -0.05) is 6.92 Å². The highest BCUT2D eigenvalue weighted by Crippen LogP contribution is 2.41. The van der Waals surface area contributed by atoms with Crippen molar-refractivity contribution >= 4 is 24.2 Å². The van der Waals surface area contributed by atoms with Gasteiger partial charge in [-0.2, -0.15) is 0 Å². The second-order valence-corrected chi connectivity index (χ2v) is 26.6. The zero-order chi connectivity index (χ0) is 76.8. The molecule has 104 heavy (non-hydrogen) atoms. The number of aliphatic hydroxyl groups excluding tert-OH is 22. The first kappa shape index (κ1) is 86.0. The lowest BCUT2D eigenvalue weighted by atomic mass is 9.87. The third-order valence-electron chi connectivity index (χ3n) is 19.3. The van der Waals surface area contributed by atoms with Crippen molar-refractivity contribution in [3.63, 3.8) is 0 Å². The summed E-state index contributed by atoms with van der Waals surface area (Å²) in [6, 6.07) is -4.87. The summed E-state index contributed by atoms with van der Waals surface area (Å²) in [5, 5.41) is 250. The Morgan fingerprint density at radius 2 is 0.817 bits per heavy atom. The van der Waals surface area contributed by atoms with Crippen LogP contribution in [0.1, 0.15) is 41.0 Å². The van der Waals surface area contributed by atoms with Gasteiger partial charge in [0.2, 0.25) is 17.7 Å². The minimum Gasteiger partial charge on any atom is -0.410 e. The number of ether oxygens (including phenoxy) is 16. The molecule has 0 aromatic heterocycles. The van der Waals surface area contributed by atoms with Crippen molar-refractivity contribution in [3.05, 3.63) is 0 Å². The standard InChI is InChI=1S/C59H99N3O42/c1-16-21(73)6-59(91-15-69,104-47(16)33(75)22(74)7-63)90-14-29-36(78)42(84)45(87)56(98-29)100-49-26(11-67)96-54(32(40(49)82)62-20(5)72)103-52-43(85)35(77)24(9-65)94-58(52)89-13-28-37(79)51(102-55-44(86)41(83)34(76)23(8-64)93-55)46(88)57(97-28)101-50-27(12-68)95-53(31(39(50)81)61-19(4)71)99-48-25(10-66)92-17(2)30(38(48)80)60-18(3)70/h15-17,21-58,63-68,73-88H,6-14H2,1-5H3,(H,60,70)(H,61,71)(H,62,72)/t16-,17+,21-,22?,23?,24?,25?,26+,27?,28?,29?,30?,31?,32?,33?,34-,35-,36+,37-,38-,39-,40?,41?,42+,43+,44?,45?,46?,47?,48-,49-,50-,51+,52?,53+,54+,55-,56+,57+,58+,59+/m1/s1. The van der Waals surface area contributed by atoms with Crippen LogP contribution in [-0.2, 0) is 95.0 Å². The first-order valence-electron chi connectivity index (χ1n) is 33.4. The summed E-state index contributed by atoms with van der Waals surface area (Å²) in [6.45, 7) is -2.38. The Balaban J connectivity index is 1.04. The summed E-state index contributed by atoms with van der Waals surface area (Å²) in [5.41, 5.74) is 0. The van der Waals surface area contributed by atoms with Crippen molar-refractivity contribution in [2.24, 2.45) is 5.92 Å². The summed E-state index contributed by atoms with van der Waals surface area (Å²) in [6.07, 6.45) is -71.2. The molecule has 45 nitrogen and oxygen atoms in total. The Morgan fingerprint density at radius 1 is 0.433 bits per heavy atom. The van der Waals surface area contributed by atoms with Gasteiger partial charge in [-0.15, -0.1) is 0 Å². The van der Waals surface area contributed by atoms with Crippen molar-refractivity contribution in [3.8, 4) is 0 Å². The maximum absolute atomic E-state index is 12.9. The van der Waals surface area contributed by atoms with E-state index in [0.29, 0.717) is 0 Å². The fourth-order valence-electron chi connectivity index (χ4n) is 13.5. The number of hydrogen-bond acceptors (Lipinski definition) is 42. The van der Waals surface area contributed by atoms with Crippen LogP contribution in [0.4, 0.5) is 0 Å². The van der Waals surface area contributed by atoms with Gasteiger partial charge < -0.3 is 204 Å². The molecule has 8 aliphatic heterocycles. The Labute approximate surface area is 590 Å². The molecule has 8 heterocycles. The number of carbonyl (C=O) groups excluding carboxylic acids is 4. The van der Waals surface area contributed by atoms with E-state index in [0.717, 1.165) is 20.8 Å². The number of rotatable bonds is 29. The van der Waals surface area contributed by atoms with Crippen molar-refractivity contribution in [2.75, 3.05) is 52.9 Å². The van der Waals surface area contributed by atoms with E-state index in [1.54, 1.807) is 0 Å². The molecule has 0 aromatic rings. The smallest absolute Gasteiger partial charge is 0.332 e. The maximum atomic E-state index is 12.9. The Kier molecular flexibility index (Phi) is 30.9. The number of nitrogens with one attached hydrogen (secondary N) is 3. The molecule has 0 saturated carbocycles. The van der Waals surface area contributed by atoms with Crippen LogP contribution in [0.5, 0.6) is 0 Å². The predicted molar refractivity (Wildman–Crippen MR) is 323 cm³/mol. The maximum Gasteiger partial charge on any atom is 0.332 e. The zero-order valence-electron chi connectivity index (χ0n) is 56.5. The largest absolute Gasteiger partial charge is 0.410 e. The minimum atomic E-state index is -2.62. The highest BCUT2D eigenvalue weighted by atomic mass is 16.9. The van der Waals surface area contributed by atoms with Crippen molar-refractivity contribution in [2.45, 2.75) is 286 Å². The lowest BCUT2D eigenvalue weighted by Crippen LogP contribution is -2.70. The van der Waals surface area contributed by atoms with Crippen molar-refractivity contribution in [1.29, 1.82) is 0 Å². The van der Waals surface area contributed by atoms with Gasteiger partial charge in [0.1, 0.15) is 177 Å². The van der Waals surface area contributed by atoms with Crippen LogP contribution in [-0.4, -0.2) is 434 Å². The van der Waals surface area contributed by atoms with Crippen LogP contribution in [0.2, 0.25) is 0 Å². The van der Waals surface area contributed by atoms with Crippen LogP contribution < -0.4 is 16.0 Å². The van der Waals surface area contributed by atoms with E-state index in [9.17, 15) is 132 Å². The molecule has 8 saturated heterocycles. The Bertz CT molecular complexity index is 2710. The van der Waals surface area contributed by atoms with Crippen LogP contribution in [0.25, 0.3) is 0 Å². The molecule has 18 unspecified atom stereocenters. The molecule has 0 spiro atoms. The van der Waals surface area contributed by atoms with E-state index >= 15 is 0 Å². The molecule has 25 N–H and O–H groups in total. The molecule has 8 rings (SSSR count). The number of aliphatic hydroxyl groups is 22. The third-order valence-corrected chi connectivity index (χ3v) is 19.3. The first-order chi connectivity index (χ1) is 49.1. The van der Waals surface area contributed by atoms with Gasteiger partial charge in [-0.05, 0) is 6.92 Å². The number of carbonyl (C=O) groups is 4. The lowest BCUT2D eigenvalue weighted by molar-refractivity contribution is -0.424. The van der Waals surface area contributed by atoms with E-state index in [1.807, 2.05) is 0 Å². The molecular weight excluding hydrogens is 1420 g/mol. The average Bonchev–Trinajstić information content (AvgIpc) is 0.774. The van der Waals surface area contributed by atoms with Gasteiger partial charge in [-0.3, -0.25) is 19.2 Å². The topological polar surface area (TPSA) is 697 Å². The van der Waals surface area contributed by atoms with Crippen LogP contribution >= 0.6 is 0 Å². The second kappa shape index (κ2) is 37.4. The van der Waals surface area contributed by atoms with Gasteiger partial charge in [0.05, 0.1) is 83.6 Å². The fraction of sp³-hybridized carbons (Fsp3) is 0.932. The van der Waals surface area contributed by atoms with Gasteiger partial charge in [0.15, 0.2) is 37.7 Å². The molecule has 0 radical (unpaired) electrons. The zero-order valence-corrected chi connectivity index (χ0v) is 56.5. The van der Waals surface area contributed by atoms with Crippen LogP contribution in [0, 0.1) is 5.92 Å². The highest BCUT2D eigenvalue weighted by Gasteiger charge is 2.60. The van der Waals surface area contributed by atoms with Crippen LogP contribution in [0.3, 0.4) is 0 Å². The third kappa shape index (κ3) is 19.0. The van der Waals surface area contributed by atoms with E-state index in [-0.39, 0.29) is 6.47 Å². The summed E-state index contributed by atoms with van der Waals surface area (Å²) < 4.78 is 93.7. The summed E-state index contributed by atoms with van der Waals surface area (Å²) in [5.74, 6) is -6.01. The van der Waals surface area contributed by atoms with Gasteiger partial charge >= 0.3 is 5.97 Å².